The highest BCUT2D eigenvalue weighted by Gasteiger charge is 2.34. The smallest absolute Gasteiger partial charge is 0.260 e. The molecule has 0 radical (unpaired) electrons. The molecule has 0 aromatic heterocycles. The molecule has 78 valence electrons. The largest absolute Gasteiger partial charge is 0.317 e. The topological polar surface area (TPSA) is 26.0 Å². The Balaban J connectivity index is 3.19. The van der Waals surface area contributed by atoms with E-state index in [0.29, 0.717) is 0 Å². The second kappa shape index (κ2) is 4.13. The predicted octanol–water partition coefficient (Wildman–Crippen LogP) is 3.54. The second-order valence-electron chi connectivity index (χ2n) is 3.21. The van der Waals surface area contributed by atoms with E-state index in [0.717, 1.165) is 4.47 Å². The molecule has 1 atom stereocenters. The summed E-state index contributed by atoms with van der Waals surface area (Å²) in [7, 11) is 0. The van der Waals surface area contributed by atoms with Gasteiger partial charge >= 0.3 is 0 Å². The fourth-order valence-electron chi connectivity index (χ4n) is 1.04. The Morgan fingerprint density at radius 3 is 2.50 bits per heavy atom. The van der Waals surface area contributed by atoms with Crippen molar-refractivity contribution >= 4 is 27.5 Å². The highest BCUT2D eigenvalue weighted by atomic mass is 79.9. The Bertz CT molecular complexity index is 342. The lowest BCUT2D eigenvalue weighted by Gasteiger charge is -2.25. The second-order valence-corrected chi connectivity index (χ2v) is 4.53. The van der Waals surface area contributed by atoms with Crippen LogP contribution in [0.15, 0.2) is 22.7 Å². The Morgan fingerprint density at radius 1 is 1.50 bits per heavy atom. The van der Waals surface area contributed by atoms with Crippen LogP contribution in [0, 0.1) is 0 Å². The minimum Gasteiger partial charge on any atom is -0.317 e. The molecule has 2 N–H and O–H groups in total. The summed E-state index contributed by atoms with van der Waals surface area (Å²) in [6.07, 6.45) is -2.65. The molecule has 0 saturated heterocycles. The van der Waals surface area contributed by atoms with Crippen LogP contribution in [0.4, 0.5) is 8.78 Å². The molecule has 1 nitrogen and oxygen atoms in total. The maximum atomic E-state index is 12.6. The van der Waals surface area contributed by atoms with Gasteiger partial charge in [0.15, 0.2) is 0 Å². The molecule has 1 aromatic rings. The summed E-state index contributed by atoms with van der Waals surface area (Å²) in [6, 6.07) is 4.68. The Hall–Kier alpha value is -0.190. The van der Waals surface area contributed by atoms with Gasteiger partial charge in [-0.25, -0.2) is 8.78 Å². The van der Waals surface area contributed by atoms with Gasteiger partial charge in [-0.2, -0.15) is 0 Å². The summed E-state index contributed by atoms with van der Waals surface area (Å²) in [5, 5.41) is 0.240. The zero-order valence-corrected chi connectivity index (χ0v) is 9.74. The van der Waals surface area contributed by atoms with Crippen molar-refractivity contribution in [3.05, 3.63) is 33.3 Å². The highest BCUT2D eigenvalue weighted by molar-refractivity contribution is 9.10. The van der Waals surface area contributed by atoms with Crippen molar-refractivity contribution in [1.82, 2.24) is 0 Å². The summed E-state index contributed by atoms with van der Waals surface area (Å²) >= 11 is 9.00. The van der Waals surface area contributed by atoms with Gasteiger partial charge in [0.05, 0.1) is 0 Å². The van der Waals surface area contributed by atoms with Crippen molar-refractivity contribution < 1.29 is 8.78 Å². The number of alkyl halides is 2. The molecule has 1 unspecified atom stereocenters. The minimum atomic E-state index is -2.65. The van der Waals surface area contributed by atoms with E-state index < -0.39 is 12.0 Å². The van der Waals surface area contributed by atoms with E-state index in [1.165, 1.54) is 13.0 Å². The molecule has 1 rings (SSSR count). The molecule has 0 bridgehead atoms. The molecule has 0 fully saturated rings. The first-order valence-electron chi connectivity index (χ1n) is 3.88. The van der Waals surface area contributed by atoms with Crippen LogP contribution in [0.5, 0.6) is 0 Å². The van der Waals surface area contributed by atoms with Crippen molar-refractivity contribution in [2.24, 2.45) is 5.73 Å². The van der Waals surface area contributed by atoms with E-state index >= 15 is 0 Å². The Morgan fingerprint density at radius 2 is 2.07 bits per heavy atom. The van der Waals surface area contributed by atoms with Crippen molar-refractivity contribution in [2.75, 3.05) is 0 Å². The van der Waals surface area contributed by atoms with Crippen LogP contribution in [0.2, 0.25) is 5.02 Å². The zero-order valence-electron chi connectivity index (χ0n) is 7.40. The molecule has 5 heteroatoms. The van der Waals surface area contributed by atoms with Crippen molar-refractivity contribution in [2.45, 2.75) is 18.9 Å². The number of hydrogen-bond acceptors (Lipinski definition) is 1. The lowest BCUT2D eigenvalue weighted by atomic mass is 9.94. The van der Waals surface area contributed by atoms with Gasteiger partial charge < -0.3 is 5.73 Å². The maximum Gasteiger partial charge on any atom is 0.260 e. The normalized spacial score (nSPS) is 15.6. The maximum absolute atomic E-state index is 12.6. The summed E-state index contributed by atoms with van der Waals surface area (Å²) in [4.78, 5) is 0. The third-order valence-corrected chi connectivity index (χ3v) is 2.77. The lowest BCUT2D eigenvalue weighted by Crippen LogP contribution is -2.40. The molecule has 0 aliphatic rings. The predicted molar refractivity (Wildman–Crippen MR) is 56.7 cm³/mol. The van der Waals surface area contributed by atoms with Crippen LogP contribution in [0.3, 0.4) is 0 Å². The monoisotopic (exact) mass is 283 g/mol. The third kappa shape index (κ3) is 2.24. The Labute approximate surface area is 94.4 Å². The first kappa shape index (κ1) is 11.9. The highest BCUT2D eigenvalue weighted by Crippen LogP contribution is 2.32. The van der Waals surface area contributed by atoms with E-state index in [2.05, 4.69) is 15.9 Å². The van der Waals surface area contributed by atoms with Gasteiger partial charge in [0.2, 0.25) is 0 Å². The molecular weight excluding hydrogens is 275 g/mol. The number of nitrogens with two attached hydrogens (primary N) is 1. The van der Waals surface area contributed by atoms with Crippen LogP contribution < -0.4 is 5.73 Å². The van der Waals surface area contributed by atoms with E-state index in [4.69, 9.17) is 17.3 Å². The van der Waals surface area contributed by atoms with Gasteiger partial charge in [-0.05, 0) is 24.6 Å². The zero-order chi connectivity index (χ0) is 10.9. The van der Waals surface area contributed by atoms with Crippen LogP contribution >= 0.6 is 27.5 Å². The molecule has 0 aliphatic carbocycles. The molecule has 0 saturated carbocycles. The summed E-state index contributed by atoms with van der Waals surface area (Å²) in [5.74, 6) is 0. The number of halogens is 4. The summed E-state index contributed by atoms with van der Waals surface area (Å²) in [5.41, 5.74) is 4.02. The molecular formula is C9H9BrClF2N. The van der Waals surface area contributed by atoms with Crippen LogP contribution in [0.25, 0.3) is 0 Å². The summed E-state index contributed by atoms with van der Waals surface area (Å²) < 4.78 is 25.9. The van der Waals surface area contributed by atoms with Gasteiger partial charge in [-0.1, -0.05) is 33.6 Å². The van der Waals surface area contributed by atoms with Gasteiger partial charge in [-0.3, -0.25) is 0 Å². The molecule has 14 heavy (non-hydrogen) atoms. The fraction of sp³-hybridized carbons (Fsp3) is 0.333. The molecule has 0 aliphatic heterocycles. The van der Waals surface area contributed by atoms with E-state index in [1.807, 2.05) is 0 Å². The number of hydrogen-bond donors (Lipinski definition) is 1. The van der Waals surface area contributed by atoms with Crippen LogP contribution in [0.1, 0.15) is 12.5 Å². The number of rotatable bonds is 2. The van der Waals surface area contributed by atoms with E-state index in [9.17, 15) is 8.78 Å². The minimum absolute atomic E-state index is 0.240. The van der Waals surface area contributed by atoms with Gasteiger partial charge in [0.1, 0.15) is 5.54 Å². The van der Waals surface area contributed by atoms with Crippen LogP contribution in [-0.4, -0.2) is 6.43 Å². The van der Waals surface area contributed by atoms with E-state index in [-0.39, 0.29) is 10.6 Å². The fourth-order valence-corrected chi connectivity index (χ4v) is 1.92. The number of benzene rings is 1. The third-order valence-electron chi connectivity index (χ3n) is 1.96. The van der Waals surface area contributed by atoms with Crippen molar-refractivity contribution in [1.29, 1.82) is 0 Å². The first-order chi connectivity index (χ1) is 6.35. The van der Waals surface area contributed by atoms with Gasteiger partial charge in [0, 0.05) is 9.50 Å². The van der Waals surface area contributed by atoms with Crippen LogP contribution in [-0.2, 0) is 5.54 Å². The molecule has 0 spiro atoms. The standard InChI is InChI=1S/C9H9BrClF2N/c1-9(14,8(12)13)6-3-2-5(10)4-7(6)11/h2-4,8H,14H2,1H3. The lowest BCUT2D eigenvalue weighted by molar-refractivity contribution is 0.0625. The average molecular weight is 285 g/mol. The quantitative estimate of drug-likeness (QED) is 0.883. The molecule has 0 heterocycles. The molecule has 0 amide bonds. The first-order valence-corrected chi connectivity index (χ1v) is 5.05. The van der Waals surface area contributed by atoms with Gasteiger partial charge in [-0.15, -0.1) is 0 Å². The van der Waals surface area contributed by atoms with Crippen molar-refractivity contribution in [3.63, 3.8) is 0 Å². The molecule has 1 aromatic carbocycles. The Kier molecular flexibility index (Phi) is 3.50. The SMILES string of the molecule is CC(N)(c1ccc(Br)cc1Cl)C(F)F. The average Bonchev–Trinajstić information content (AvgIpc) is 2.02. The summed E-state index contributed by atoms with van der Waals surface area (Å²) in [6.45, 7) is 1.26. The van der Waals surface area contributed by atoms with Gasteiger partial charge in [0.25, 0.3) is 6.43 Å². The van der Waals surface area contributed by atoms with E-state index in [1.54, 1.807) is 12.1 Å². The van der Waals surface area contributed by atoms with Crippen molar-refractivity contribution in [3.8, 4) is 0 Å².